The maximum absolute atomic E-state index is 11.0. The summed E-state index contributed by atoms with van der Waals surface area (Å²) < 4.78 is 32.9. The van der Waals surface area contributed by atoms with Crippen LogP contribution < -0.4 is 51.4 Å². The molecule has 0 fully saturated rings. The van der Waals surface area contributed by atoms with E-state index in [9.17, 15) is 13.0 Å². The van der Waals surface area contributed by atoms with Gasteiger partial charge in [-0.3, -0.25) is 0 Å². The maximum atomic E-state index is 11.0. The van der Waals surface area contributed by atoms with Crippen molar-refractivity contribution < 1.29 is 64.4 Å². The Bertz CT molecular complexity index is 673. The van der Waals surface area contributed by atoms with Crippen LogP contribution in [-0.2, 0) is 16.5 Å². The smallest absolute Gasteiger partial charge is 0.744 e. The minimum Gasteiger partial charge on any atom is -0.744 e. The number of aryl methyl sites for hydroxylation is 1. The molecule has 0 bridgehead atoms. The Hall–Kier alpha value is 0.766. The zero-order valence-electron chi connectivity index (χ0n) is 23.2. The predicted molar refractivity (Wildman–Crippen MR) is 145 cm³/mol. The summed E-state index contributed by atoms with van der Waals surface area (Å²) in [6, 6.07) is 6.38. The Morgan fingerprint density at radius 2 is 0.800 bits per heavy atom. The molecule has 0 saturated carbocycles. The van der Waals surface area contributed by atoms with Gasteiger partial charge in [-0.1, -0.05) is 154 Å². The van der Waals surface area contributed by atoms with E-state index < -0.39 is 10.1 Å². The van der Waals surface area contributed by atoms with Crippen molar-refractivity contribution in [2.45, 2.75) is 159 Å². The fourth-order valence-electron chi connectivity index (χ4n) is 4.76. The average molecular weight is 533 g/mol. The first-order valence-corrected chi connectivity index (χ1v) is 16.0. The molecule has 0 aliphatic heterocycles. The molecule has 0 atom stereocenters. The summed E-state index contributed by atoms with van der Waals surface area (Å²) in [6.45, 7) is 2.29. The zero-order valence-corrected chi connectivity index (χ0v) is 27.1. The fraction of sp³-hybridized carbons (Fsp3) is 0.800. The second-order valence-electron chi connectivity index (χ2n) is 10.3. The van der Waals surface area contributed by atoms with Gasteiger partial charge in [-0.25, -0.2) is 8.42 Å². The Balaban J connectivity index is 0.0000116. The molecule has 198 valence electrons. The molecule has 3 nitrogen and oxygen atoms in total. The van der Waals surface area contributed by atoms with Crippen molar-refractivity contribution in [1.29, 1.82) is 0 Å². The molecular formula is C30H53KO3S. The van der Waals surface area contributed by atoms with E-state index in [0.717, 1.165) is 18.4 Å². The summed E-state index contributed by atoms with van der Waals surface area (Å²) in [7, 11) is -4.33. The van der Waals surface area contributed by atoms with Crippen molar-refractivity contribution in [3.8, 4) is 0 Å². The van der Waals surface area contributed by atoms with Gasteiger partial charge in [-0.05, 0) is 30.5 Å². The minimum absolute atomic E-state index is 0. The van der Waals surface area contributed by atoms with Crippen LogP contribution >= 0.6 is 0 Å². The maximum Gasteiger partial charge on any atom is 1.00 e. The van der Waals surface area contributed by atoms with E-state index in [2.05, 4.69) is 6.92 Å². The van der Waals surface area contributed by atoms with Gasteiger partial charge in [0.25, 0.3) is 0 Å². The second kappa shape index (κ2) is 25.1. The summed E-state index contributed by atoms with van der Waals surface area (Å²) in [5, 5.41) is 0. The molecule has 0 N–H and O–H groups in total. The topological polar surface area (TPSA) is 57.2 Å². The summed E-state index contributed by atoms with van der Waals surface area (Å²) in [4.78, 5) is -0.134. The van der Waals surface area contributed by atoms with Crippen molar-refractivity contribution in [2.75, 3.05) is 0 Å². The van der Waals surface area contributed by atoms with Gasteiger partial charge in [0, 0.05) is 0 Å². The monoisotopic (exact) mass is 532 g/mol. The van der Waals surface area contributed by atoms with Gasteiger partial charge in [0.2, 0.25) is 0 Å². The Kier molecular flexibility index (Phi) is 25.6. The summed E-state index contributed by atoms with van der Waals surface area (Å²) in [5.74, 6) is 0. The summed E-state index contributed by atoms with van der Waals surface area (Å²) in [6.07, 6.45) is 31.6. The van der Waals surface area contributed by atoms with E-state index in [1.807, 2.05) is 0 Å². The van der Waals surface area contributed by atoms with Crippen molar-refractivity contribution in [3.05, 3.63) is 29.8 Å². The molecule has 35 heavy (non-hydrogen) atoms. The van der Waals surface area contributed by atoms with E-state index >= 15 is 0 Å². The summed E-state index contributed by atoms with van der Waals surface area (Å²) >= 11 is 0. The van der Waals surface area contributed by atoms with E-state index in [1.165, 1.54) is 147 Å². The quantitative estimate of drug-likeness (QED) is 0.0841. The molecule has 0 saturated heterocycles. The van der Waals surface area contributed by atoms with Crippen molar-refractivity contribution in [2.24, 2.45) is 0 Å². The second-order valence-corrected chi connectivity index (χ2v) is 11.7. The molecule has 0 aliphatic rings. The van der Waals surface area contributed by atoms with Crippen LogP contribution in [0.25, 0.3) is 0 Å². The number of rotatable bonds is 24. The molecule has 0 radical (unpaired) electrons. The molecule has 0 spiro atoms. The van der Waals surface area contributed by atoms with Gasteiger partial charge in [0.1, 0.15) is 10.1 Å². The number of benzene rings is 1. The third-order valence-corrected chi connectivity index (χ3v) is 7.88. The van der Waals surface area contributed by atoms with Crippen molar-refractivity contribution in [1.82, 2.24) is 0 Å². The van der Waals surface area contributed by atoms with Crippen LogP contribution in [0.5, 0.6) is 0 Å². The van der Waals surface area contributed by atoms with Gasteiger partial charge < -0.3 is 4.55 Å². The van der Waals surface area contributed by atoms with Crippen LogP contribution in [-0.4, -0.2) is 13.0 Å². The number of hydrogen-bond donors (Lipinski definition) is 0. The fourth-order valence-corrected chi connectivity index (χ4v) is 5.23. The van der Waals surface area contributed by atoms with Gasteiger partial charge in [-0.2, -0.15) is 0 Å². The molecule has 0 aromatic heterocycles. The first-order valence-electron chi connectivity index (χ1n) is 14.6. The molecule has 5 heteroatoms. The van der Waals surface area contributed by atoms with Crippen LogP contribution in [0.4, 0.5) is 0 Å². The van der Waals surface area contributed by atoms with Crippen LogP contribution in [0.2, 0.25) is 0 Å². The molecule has 0 amide bonds. The van der Waals surface area contributed by atoms with Gasteiger partial charge in [0.05, 0.1) is 4.90 Å². The predicted octanol–water partition coefficient (Wildman–Crippen LogP) is 6.74. The number of hydrogen-bond acceptors (Lipinski definition) is 3. The van der Waals surface area contributed by atoms with Crippen LogP contribution in [0.3, 0.4) is 0 Å². The molecule has 0 heterocycles. The molecule has 1 rings (SSSR count). The summed E-state index contributed by atoms with van der Waals surface area (Å²) in [5.41, 5.74) is 1.11. The van der Waals surface area contributed by atoms with Gasteiger partial charge in [-0.15, -0.1) is 0 Å². The van der Waals surface area contributed by atoms with Crippen LogP contribution in [0.1, 0.15) is 154 Å². The van der Waals surface area contributed by atoms with Crippen LogP contribution in [0.15, 0.2) is 29.2 Å². The third-order valence-electron chi connectivity index (χ3n) is 7.03. The Morgan fingerprint density at radius 3 is 1.09 bits per heavy atom. The van der Waals surface area contributed by atoms with Crippen molar-refractivity contribution in [3.63, 3.8) is 0 Å². The van der Waals surface area contributed by atoms with Gasteiger partial charge >= 0.3 is 51.4 Å². The Labute approximate surface area is 261 Å². The third kappa shape index (κ3) is 22.5. The van der Waals surface area contributed by atoms with Crippen molar-refractivity contribution >= 4 is 10.1 Å². The van der Waals surface area contributed by atoms with E-state index in [4.69, 9.17) is 0 Å². The normalized spacial score (nSPS) is 11.5. The van der Waals surface area contributed by atoms with E-state index in [0.29, 0.717) is 0 Å². The van der Waals surface area contributed by atoms with Gasteiger partial charge in [0.15, 0.2) is 0 Å². The first kappa shape index (κ1) is 35.8. The number of unbranched alkanes of at least 4 members (excludes halogenated alkanes) is 21. The average Bonchev–Trinajstić information content (AvgIpc) is 2.82. The van der Waals surface area contributed by atoms with E-state index in [-0.39, 0.29) is 56.3 Å². The molecule has 1 aromatic carbocycles. The SMILES string of the molecule is CCCCCCCCCCCCCCCCCCCCCCCCc1ccc(S(=O)(=O)[O-])cc1.[K+]. The van der Waals surface area contributed by atoms with Crippen LogP contribution in [0, 0.1) is 0 Å². The molecule has 0 unspecified atom stereocenters. The van der Waals surface area contributed by atoms with E-state index in [1.54, 1.807) is 12.1 Å². The molecule has 0 aliphatic carbocycles. The standard InChI is InChI=1S/C30H54O3S.K/c1-2-3-4-5-6-7-8-9-10-11-12-13-14-15-16-17-18-19-20-21-22-23-24-29-25-27-30(28-26-29)34(31,32)33;/h25-28H,2-24H2,1H3,(H,31,32,33);/q;+1/p-1. The first-order chi connectivity index (χ1) is 16.5. The molecule has 1 aromatic rings. The molecular weight excluding hydrogens is 479 g/mol. The largest absolute Gasteiger partial charge is 1.00 e. The minimum atomic E-state index is -4.33. The zero-order chi connectivity index (χ0) is 24.7. The Morgan fingerprint density at radius 1 is 0.514 bits per heavy atom.